The summed E-state index contributed by atoms with van der Waals surface area (Å²) in [5, 5.41) is 6.06. The number of nitrogens with one attached hydrogen (secondary N) is 2. The summed E-state index contributed by atoms with van der Waals surface area (Å²) in [4.78, 5) is 20.9. The zero-order chi connectivity index (χ0) is 17.0. The Morgan fingerprint density at radius 3 is 2.57 bits per heavy atom. The summed E-state index contributed by atoms with van der Waals surface area (Å²) in [6.07, 6.45) is 0. The lowest BCUT2D eigenvalue weighted by Gasteiger charge is -2.21. The highest BCUT2D eigenvalue weighted by Gasteiger charge is 2.15. The summed E-state index contributed by atoms with van der Waals surface area (Å²) in [6, 6.07) is 8.82. The first kappa shape index (κ1) is 16.7. The van der Waals surface area contributed by atoms with E-state index in [2.05, 4.69) is 20.6 Å². The number of carbonyl (C=O) groups is 1. The maximum atomic E-state index is 12.4. The Kier molecular flexibility index (Phi) is 4.83. The minimum atomic E-state index is -0.291. The molecule has 1 heterocycles. The van der Waals surface area contributed by atoms with Crippen LogP contribution >= 0.6 is 0 Å². The zero-order valence-electron chi connectivity index (χ0n) is 14.1. The highest BCUT2D eigenvalue weighted by Crippen LogP contribution is 2.18. The number of anilines is 2. The van der Waals surface area contributed by atoms with Crippen molar-refractivity contribution in [1.29, 1.82) is 0 Å². The molecule has 0 bridgehead atoms. The fourth-order valence-corrected chi connectivity index (χ4v) is 2.03. The molecule has 0 aliphatic heterocycles. The highest BCUT2D eigenvalue weighted by molar-refractivity contribution is 6.03. The van der Waals surface area contributed by atoms with Crippen molar-refractivity contribution in [1.82, 2.24) is 9.97 Å². The molecule has 6 nitrogen and oxygen atoms in total. The van der Waals surface area contributed by atoms with Gasteiger partial charge in [0.15, 0.2) is 0 Å². The number of hydrogen-bond donors (Lipinski definition) is 2. The first-order chi connectivity index (χ1) is 10.8. The van der Waals surface area contributed by atoms with Crippen LogP contribution in [-0.4, -0.2) is 28.5 Å². The molecular weight excluding hydrogens is 292 g/mol. The Bertz CT molecular complexity index is 708. The van der Waals surface area contributed by atoms with E-state index in [4.69, 9.17) is 4.74 Å². The Hall–Kier alpha value is -2.63. The molecule has 122 valence electrons. The van der Waals surface area contributed by atoms with Crippen molar-refractivity contribution in [2.24, 2.45) is 0 Å². The first-order valence-corrected chi connectivity index (χ1v) is 7.36. The molecule has 2 aromatic rings. The van der Waals surface area contributed by atoms with Crippen LogP contribution in [0.2, 0.25) is 0 Å². The number of aromatic nitrogens is 2. The maximum Gasteiger partial charge on any atom is 0.274 e. The molecule has 0 unspecified atom stereocenters. The van der Waals surface area contributed by atoms with E-state index in [1.165, 1.54) is 0 Å². The minimum absolute atomic E-state index is 0.151. The number of hydrogen-bond acceptors (Lipinski definition) is 5. The van der Waals surface area contributed by atoms with Crippen LogP contribution in [0.1, 0.15) is 37.1 Å². The molecule has 1 aromatic carbocycles. The van der Waals surface area contributed by atoms with E-state index in [-0.39, 0.29) is 11.4 Å². The van der Waals surface area contributed by atoms with Crippen LogP contribution < -0.4 is 15.4 Å². The maximum absolute atomic E-state index is 12.4. The van der Waals surface area contributed by atoms with Crippen molar-refractivity contribution in [2.45, 2.75) is 33.2 Å². The Morgan fingerprint density at radius 2 is 1.91 bits per heavy atom. The van der Waals surface area contributed by atoms with Crippen LogP contribution in [0.25, 0.3) is 0 Å². The average molecular weight is 314 g/mol. The average Bonchev–Trinajstić information content (AvgIpc) is 2.45. The SMILES string of the molecule is COc1cccc(NC(=O)c2cc(NC(C)(C)C)nc(C)n2)c1. The van der Waals surface area contributed by atoms with Gasteiger partial charge in [-0.15, -0.1) is 0 Å². The van der Waals surface area contributed by atoms with Gasteiger partial charge in [0.2, 0.25) is 0 Å². The Morgan fingerprint density at radius 1 is 1.17 bits per heavy atom. The topological polar surface area (TPSA) is 76.1 Å². The van der Waals surface area contributed by atoms with Gasteiger partial charge in [0, 0.05) is 23.4 Å². The molecule has 0 saturated heterocycles. The van der Waals surface area contributed by atoms with Crippen LogP contribution in [-0.2, 0) is 0 Å². The van der Waals surface area contributed by atoms with E-state index in [9.17, 15) is 4.79 Å². The van der Waals surface area contributed by atoms with Crippen molar-refractivity contribution in [3.8, 4) is 5.75 Å². The standard InChI is InChI=1S/C17H22N4O2/c1-11-18-14(10-15(19-11)21-17(2,3)4)16(22)20-12-7-6-8-13(9-12)23-5/h6-10H,1-5H3,(H,20,22)(H,18,19,21). The molecule has 0 radical (unpaired) electrons. The van der Waals surface area contributed by atoms with Gasteiger partial charge in [-0.2, -0.15) is 0 Å². The number of amides is 1. The van der Waals surface area contributed by atoms with Gasteiger partial charge in [-0.1, -0.05) is 6.07 Å². The predicted molar refractivity (Wildman–Crippen MR) is 91.1 cm³/mol. The van der Waals surface area contributed by atoms with Crippen LogP contribution in [0.15, 0.2) is 30.3 Å². The van der Waals surface area contributed by atoms with E-state index in [0.29, 0.717) is 28.8 Å². The van der Waals surface area contributed by atoms with Crippen molar-refractivity contribution in [3.63, 3.8) is 0 Å². The Balaban J connectivity index is 2.21. The zero-order valence-corrected chi connectivity index (χ0v) is 14.1. The molecule has 0 saturated carbocycles. The van der Waals surface area contributed by atoms with E-state index in [1.807, 2.05) is 32.9 Å². The second-order valence-electron chi connectivity index (χ2n) is 6.25. The third-order valence-corrected chi connectivity index (χ3v) is 2.90. The van der Waals surface area contributed by atoms with Crippen LogP contribution in [0.3, 0.4) is 0 Å². The number of aryl methyl sites for hydroxylation is 1. The summed E-state index contributed by atoms with van der Waals surface area (Å²) in [5.74, 6) is 1.55. The quantitative estimate of drug-likeness (QED) is 0.906. The highest BCUT2D eigenvalue weighted by atomic mass is 16.5. The third-order valence-electron chi connectivity index (χ3n) is 2.90. The van der Waals surface area contributed by atoms with Gasteiger partial charge in [-0.05, 0) is 39.8 Å². The van der Waals surface area contributed by atoms with Gasteiger partial charge in [-0.3, -0.25) is 4.79 Å². The molecule has 1 amide bonds. The van der Waals surface area contributed by atoms with Crippen molar-refractivity contribution >= 4 is 17.4 Å². The Labute approximate surface area is 136 Å². The summed E-state index contributed by atoms with van der Waals surface area (Å²) < 4.78 is 5.15. The number of ether oxygens (including phenoxy) is 1. The van der Waals surface area contributed by atoms with Crippen molar-refractivity contribution < 1.29 is 9.53 Å². The molecular formula is C17H22N4O2. The number of nitrogens with zero attached hydrogens (tertiary/aromatic N) is 2. The molecule has 2 N–H and O–H groups in total. The number of benzene rings is 1. The minimum Gasteiger partial charge on any atom is -0.497 e. The smallest absolute Gasteiger partial charge is 0.274 e. The fraction of sp³-hybridized carbons (Fsp3) is 0.353. The summed E-state index contributed by atoms with van der Waals surface area (Å²) in [6.45, 7) is 7.84. The van der Waals surface area contributed by atoms with Crippen LogP contribution in [0.4, 0.5) is 11.5 Å². The monoisotopic (exact) mass is 314 g/mol. The molecule has 1 aromatic heterocycles. The fourth-order valence-electron chi connectivity index (χ4n) is 2.03. The first-order valence-electron chi connectivity index (χ1n) is 7.36. The molecule has 0 aliphatic rings. The second kappa shape index (κ2) is 6.64. The van der Waals surface area contributed by atoms with Gasteiger partial charge in [0.05, 0.1) is 7.11 Å². The lowest BCUT2D eigenvalue weighted by Crippen LogP contribution is -2.27. The lowest BCUT2D eigenvalue weighted by atomic mass is 10.1. The van der Waals surface area contributed by atoms with Crippen LogP contribution in [0.5, 0.6) is 5.75 Å². The molecule has 6 heteroatoms. The van der Waals surface area contributed by atoms with Gasteiger partial charge in [0.25, 0.3) is 5.91 Å². The second-order valence-corrected chi connectivity index (χ2v) is 6.25. The van der Waals surface area contributed by atoms with Crippen molar-refractivity contribution in [2.75, 3.05) is 17.7 Å². The van der Waals surface area contributed by atoms with Crippen molar-refractivity contribution in [3.05, 3.63) is 41.9 Å². The molecule has 0 spiro atoms. The number of methoxy groups -OCH3 is 1. The van der Waals surface area contributed by atoms with E-state index in [1.54, 1.807) is 32.2 Å². The van der Waals surface area contributed by atoms with E-state index in [0.717, 1.165) is 0 Å². The van der Waals surface area contributed by atoms with Gasteiger partial charge >= 0.3 is 0 Å². The number of rotatable bonds is 4. The predicted octanol–water partition coefficient (Wildman–Crippen LogP) is 3.26. The largest absolute Gasteiger partial charge is 0.497 e. The van der Waals surface area contributed by atoms with E-state index < -0.39 is 0 Å². The lowest BCUT2D eigenvalue weighted by molar-refractivity contribution is 0.102. The summed E-state index contributed by atoms with van der Waals surface area (Å²) in [7, 11) is 1.58. The van der Waals surface area contributed by atoms with Gasteiger partial charge < -0.3 is 15.4 Å². The van der Waals surface area contributed by atoms with Gasteiger partial charge in [0.1, 0.15) is 23.1 Å². The molecule has 0 atom stereocenters. The van der Waals surface area contributed by atoms with E-state index >= 15 is 0 Å². The summed E-state index contributed by atoms with van der Waals surface area (Å²) in [5.41, 5.74) is 0.810. The number of carbonyl (C=O) groups excluding carboxylic acids is 1. The summed E-state index contributed by atoms with van der Waals surface area (Å²) >= 11 is 0. The normalized spacial score (nSPS) is 11.0. The third kappa shape index (κ3) is 4.95. The molecule has 0 fully saturated rings. The molecule has 2 rings (SSSR count). The van der Waals surface area contributed by atoms with Crippen LogP contribution in [0, 0.1) is 6.92 Å². The molecule has 0 aliphatic carbocycles. The molecule has 23 heavy (non-hydrogen) atoms. The van der Waals surface area contributed by atoms with Gasteiger partial charge in [-0.25, -0.2) is 9.97 Å².